The van der Waals surface area contributed by atoms with Gasteiger partial charge in [0.2, 0.25) is 0 Å². The van der Waals surface area contributed by atoms with E-state index < -0.39 is 0 Å². The Kier molecular flexibility index (Phi) is 6.41. The molecule has 0 radical (unpaired) electrons. The van der Waals surface area contributed by atoms with Gasteiger partial charge in [-0.2, -0.15) is 0 Å². The molecule has 1 atom stereocenters. The van der Waals surface area contributed by atoms with E-state index in [4.69, 9.17) is 4.74 Å². The van der Waals surface area contributed by atoms with Crippen LogP contribution in [0.15, 0.2) is 54.8 Å². The number of hydrogen-bond acceptors (Lipinski definition) is 4. The Bertz CT molecular complexity index is 883. The highest BCUT2D eigenvalue weighted by Crippen LogP contribution is 2.50. The summed E-state index contributed by atoms with van der Waals surface area (Å²) in [4.78, 5) is 12.1. The van der Waals surface area contributed by atoms with Crippen molar-refractivity contribution in [2.75, 3.05) is 11.5 Å². The molecule has 1 unspecified atom stereocenters. The summed E-state index contributed by atoms with van der Waals surface area (Å²) >= 11 is 4.27. The summed E-state index contributed by atoms with van der Waals surface area (Å²) in [5.41, 5.74) is 4.86. The third-order valence-corrected chi connectivity index (χ3v) is 9.09. The second kappa shape index (κ2) is 9.01. The van der Waals surface area contributed by atoms with E-state index in [0.29, 0.717) is 16.1 Å². The lowest BCUT2D eigenvalue weighted by atomic mass is 9.69. The van der Waals surface area contributed by atoms with Crippen molar-refractivity contribution in [1.82, 2.24) is 0 Å². The van der Waals surface area contributed by atoms with E-state index in [2.05, 4.69) is 55.6 Å². The molecule has 0 amide bonds. The minimum absolute atomic E-state index is 0.220. The maximum Gasteiger partial charge on any atom is 0.342 e. The van der Waals surface area contributed by atoms with Crippen LogP contribution >= 0.6 is 23.5 Å². The van der Waals surface area contributed by atoms with Gasteiger partial charge in [0, 0.05) is 5.92 Å². The summed E-state index contributed by atoms with van der Waals surface area (Å²) in [5, 5.41) is 0. The first kappa shape index (κ1) is 20.6. The molecule has 0 aromatic heterocycles. The maximum atomic E-state index is 12.1. The minimum atomic E-state index is -0.325. The van der Waals surface area contributed by atoms with E-state index in [1.54, 1.807) is 12.1 Å². The van der Waals surface area contributed by atoms with Crippen LogP contribution in [0.4, 0.5) is 0 Å². The number of benzene rings is 2. The summed E-state index contributed by atoms with van der Waals surface area (Å²) in [6, 6.07) is 15.9. The summed E-state index contributed by atoms with van der Waals surface area (Å²) in [7, 11) is 0. The zero-order valence-corrected chi connectivity index (χ0v) is 18.7. The molecule has 29 heavy (non-hydrogen) atoms. The minimum Gasteiger partial charge on any atom is -0.431 e. The van der Waals surface area contributed by atoms with Crippen molar-refractivity contribution in [3.63, 3.8) is 0 Å². The Morgan fingerprint density at radius 2 is 1.86 bits per heavy atom. The molecule has 2 aliphatic rings. The third kappa shape index (κ3) is 4.75. The average molecular weight is 425 g/mol. The summed E-state index contributed by atoms with van der Waals surface area (Å²) in [6.45, 7) is 4.72. The molecular weight excluding hydrogens is 396 g/mol. The number of esters is 1. The molecule has 0 bridgehead atoms. The van der Waals surface area contributed by atoms with Crippen LogP contribution in [-0.4, -0.2) is 22.1 Å². The van der Waals surface area contributed by atoms with Gasteiger partial charge in [0.1, 0.15) is 0 Å². The monoisotopic (exact) mass is 424 g/mol. The molecule has 0 N–H and O–H groups in total. The van der Waals surface area contributed by atoms with Gasteiger partial charge in [-0.1, -0.05) is 50.2 Å². The van der Waals surface area contributed by atoms with Gasteiger partial charge in [0.25, 0.3) is 0 Å². The lowest BCUT2D eigenvalue weighted by Crippen LogP contribution is -2.30. The SMILES string of the molecule is CC1(C)CCC(C2SCCCS2)c2cc(C=COC(=O)c3ccccc3)ccc21. The van der Waals surface area contributed by atoms with E-state index in [9.17, 15) is 4.79 Å². The fraction of sp³-hybridized carbons (Fsp3) is 0.400. The zero-order chi connectivity index (χ0) is 20.3. The highest BCUT2D eigenvalue weighted by Gasteiger charge is 2.37. The topological polar surface area (TPSA) is 26.3 Å². The summed E-state index contributed by atoms with van der Waals surface area (Å²) < 4.78 is 5.99. The van der Waals surface area contributed by atoms with Crippen molar-refractivity contribution >= 4 is 35.6 Å². The Labute approximate surface area is 182 Å². The normalized spacial score (nSPS) is 21.7. The number of rotatable bonds is 4. The fourth-order valence-corrected chi connectivity index (χ4v) is 7.51. The van der Waals surface area contributed by atoms with Gasteiger partial charge in [0.15, 0.2) is 0 Å². The Morgan fingerprint density at radius 1 is 1.10 bits per heavy atom. The van der Waals surface area contributed by atoms with Crippen LogP contribution in [0.3, 0.4) is 0 Å². The molecule has 0 saturated carbocycles. The molecule has 2 nitrogen and oxygen atoms in total. The molecule has 1 saturated heterocycles. The molecule has 1 fully saturated rings. The van der Waals surface area contributed by atoms with Gasteiger partial charge < -0.3 is 4.74 Å². The first-order valence-electron chi connectivity index (χ1n) is 10.3. The van der Waals surface area contributed by atoms with Crippen LogP contribution in [-0.2, 0) is 10.2 Å². The zero-order valence-electron chi connectivity index (χ0n) is 17.1. The second-order valence-corrected chi connectivity index (χ2v) is 11.2. The average Bonchev–Trinajstić information content (AvgIpc) is 2.75. The first-order valence-corrected chi connectivity index (χ1v) is 12.4. The van der Waals surface area contributed by atoms with Crippen molar-refractivity contribution in [1.29, 1.82) is 0 Å². The smallest absolute Gasteiger partial charge is 0.342 e. The van der Waals surface area contributed by atoms with Crippen LogP contribution < -0.4 is 0 Å². The number of hydrogen-bond donors (Lipinski definition) is 0. The molecule has 152 valence electrons. The maximum absolute atomic E-state index is 12.1. The lowest BCUT2D eigenvalue weighted by molar-refractivity contribution is 0.0665. The van der Waals surface area contributed by atoms with Gasteiger partial charge >= 0.3 is 5.97 Å². The standard InChI is InChI=1S/C25H28O2S2/c1-25(2)13-11-20(24-28-15-6-16-29-24)21-17-18(9-10-22(21)25)12-14-27-23(26)19-7-4-3-5-8-19/h3-5,7-10,12,14,17,20,24H,6,11,13,15-16H2,1-2H3. The second-order valence-electron chi connectivity index (χ2n) is 8.41. The Morgan fingerprint density at radius 3 is 2.62 bits per heavy atom. The van der Waals surface area contributed by atoms with Crippen molar-refractivity contribution in [3.05, 3.63) is 77.0 Å². The van der Waals surface area contributed by atoms with Crippen molar-refractivity contribution in [2.24, 2.45) is 0 Å². The van der Waals surface area contributed by atoms with E-state index in [1.165, 1.54) is 48.2 Å². The molecule has 2 aromatic carbocycles. The van der Waals surface area contributed by atoms with E-state index in [-0.39, 0.29) is 11.4 Å². The number of thioether (sulfide) groups is 2. The van der Waals surface area contributed by atoms with Crippen molar-refractivity contribution < 1.29 is 9.53 Å². The third-order valence-electron chi connectivity index (χ3n) is 5.91. The summed E-state index contributed by atoms with van der Waals surface area (Å²) in [6.07, 6.45) is 7.24. The molecule has 1 aliphatic carbocycles. The van der Waals surface area contributed by atoms with Gasteiger partial charge in [-0.3, -0.25) is 0 Å². The number of fused-ring (bicyclic) bond motifs is 1. The van der Waals surface area contributed by atoms with Crippen molar-refractivity contribution in [2.45, 2.75) is 49.0 Å². The predicted octanol–water partition coefficient (Wildman–Crippen LogP) is 6.87. The molecule has 2 aromatic rings. The highest BCUT2D eigenvalue weighted by molar-refractivity contribution is 8.17. The van der Waals surface area contributed by atoms with Crippen LogP contribution in [0, 0.1) is 0 Å². The molecular formula is C25H28O2S2. The van der Waals surface area contributed by atoms with Crippen LogP contribution in [0.5, 0.6) is 0 Å². The number of carbonyl (C=O) groups is 1. The van der Waals surface area contributed by atoms with E-state index >= 15 is 0 Å². The van der Waals surface area contributed by atoms with Gasteiger partial charge in [-0.05, 0) is 71.1 Å². The van der Waals surface area contributed by atoms with E-state index in [0.717, 1.165) is 5.56 Å². The fourth-order valence-electron chi connectivity index (χ4n) is 4.25. The van der Waals surface area contributed by atoms with Crippen molar-refractivity contribution in [3.8, 4) is 0 Å². The molecule has 1 aliphatic heterocycles. The van der Waals surface area contributed by atoms with Crippen LogP contribution in [0.25, 0.3) is 6.08 Å². The molecule has 4 heteroatoms. The van der Waals surface area contributed by atoms with Crippen LogP contribution in [0.1, 0.15) is 66.1 Å². The van der Waals surface area contributed by atoms with Gasteiger partial charge in [-0.15, -0.1) is 23.5 Å². The highest BCUT2D eigenvalue weighted by atomic mass is 32.2. The van der Waals surface area contributed by atoms with Crippen LogP contribution in [0.2, 0.25) is 0 Å². The predicted molar refractivity (Wildman–Crippen MR) is 126 cm³/mol. The largest absolute Gasteiger partial charge is 0.431 e. The quantitative estimate of drug-likeness (QED) is 0.395. The summed E-state index contributed by atoms with van der Waals surface area (Å²) in [5.74, 6) is 2.84. The molecule has 4 rings (SSSR count). The number of carbonyl (C=O) groups excluding carboxylic acids is 1. The van der Waals surface area contributed by atoms with Gasteiger partial charge in [0.05, 0.1) is 16.4 Å². The Balaban J connectivity index is 1.54. The molecule has 1 heterocycles. The first-order chi connectivity index (χ1) is 14.0. The molecule has 0 spiro atoms. The Hall–Kier alpha value is -1.65. The number of ether oxygens (including phenoxy) is 1. The lowest BCUT2D eigenvalue weighted by Gasteiger charge is -2.41. The van der Waals surface area contributed by atoms with Gasteiger partial charge in [-0.25, -0.2) is 4.79 Å². The van der Waals surface area contributed by atoms with E-state index in [1.807, 2.05) is 24.3 Å².